The average molecular weight is 245 g/mol. The molecule has 1 aromatic carbocycles. The minimum absolute atomic E-state index is 0.516. The van der Waals surface area contributed by atoms with E-state index >= 15 is 0 Å². The molecule has 100 valence electrons. The first-order valence-corrected chi connectivity index (χ1v) is 7.37. The molecule has 1 atom stereocenters. The van der Waals surface area contributed by atoms with Crippen LogP contribution < -0.4 is 5.32 Å². The van der Waals surface area contributed by atoms with E-state index in [1.54, 1.807) is 0 Å². The summed E-state index contributed by atoms with van der Waals surface area (Å²) >= 11 is 0. The molecule has 18 heavy (non-hydrogen) atoms. The highest BCUT2D eigenvalue weighted by Gasteiger charge is 2.44. The van der Waals surface area contributed by atoms with Crippen LogP contribution in [-0.2, 0) is 0 Å². The number of aryl methyl sites for hydroxylation is 1. The van der Waals surface area contributed by atoms with Crippen LogP contribution in [0.3, 0.4) is 0 Å². The van der Waals surface area contributed by atoms with Crippen LogP contribution in [0.25, 0.3) is 0 Å². The highest BCUT2D eigenvalue weighted by molar-refractivity contribution is 5.24. The zero-order valence-corrected chi connectivity index (χ0v) is 12.3. The van der Waals surface area contributed by atoms with Gasteiger partial charge in [-0.15, -0.1) is 0 Å². The Labute approximate surface area is 112 Å². The van der Waals surface area contributed by atoms with Crippen LogP contribution in [0.5, 0.6) is 0 Å². The normalized spacial score (nSPS) is 18.9. The topological polar surface area (TPSA) is 12.0 Å². The van der Waals surface area contributed by atoms with E-state index in [9.17, 15) is 0 Å². The van der Waals surface area contributed by atoms with Crippen molar-refractivity contribution >= 4 is 0 Å². The van der Waals surface area contributed by atoms with Gasteiger partial charge >= 0.3 is 0 Å². The predicted octanol–water partition coefficient (Wildman–Crippen LogP) is 4.47. The lowest BCUT2D eigenvalue weighted by Crippen LogP contribution is -2.30. The fourth-order valence-electron chi connectivity index (χ4n) is 2.74. The Hall–Kier alpha value is -0.820. The van der Waals surface area contributed by atoms with Crippen molar-refractivity contribution in [3.63, 3.8) is 0 Å². The summed E-state index contributed by atoms with van der Waals surface area (Å²) in [6.07, 6.45) is 3.97. The van der Waals surface area contributed by atoms with E-state index in [0.717, 1.165) is 12.3 Å². The second-order valence-corrected chi connectivity index (χ2v) is 6.27. The lowest BCUT2D eigenvalue weighted by molar-refractivity contribution is 0.318. The number of hydrogen-bond donors (Lipinski definition) is 1. The van der Waals surface area contributed by atoms with Gasteiger partial charge in [-0.05, 0) is 43.1 Å². The predicted molar refractivity (Wildman–Crippen MR) is 78.7 cm³/mol. The molecule has 1 fully saturated rings. The van der Waals surface area contributed by atoms with Crippen molar-refractivity contribution < 1.29 is 0 Å². The van der Waals surface area contributed by atoms with Crippen molar-refractivity contribution in [1.29, 1.82) is 0 Å². The van der Waals surface area contributed by atoms with Crippen molar-refractivity contribution in [3.05, 3.63) is 35.4 Å². The van der Waals surface area contributed by atoms with E-state index in [1.807, 2.05) is 0 Å². The highest BCUT2D eigenvalue weighted by Crippen LogP contribution is 2.51. The fourth-order valence-corrected chi connectivity index (χ4v) is 2.74. The quantitative estimate of drug-likeness (QED) is 0.779. The summed E-state index contributed by atoms with van der Waals surface area (Å²) in [6, 6.07) is 9.49. The lowest BCUT2D eigenvalue weighted by atomic mass is 9.91. The maximum Gasteiger partial charge on any atom is 0.0317 e. The molecule has 1 nitrogen and oxygen atoms in total. The monoisotopic (exact) mass is 245 g/mol. The molecule has 1 N–H and O–H groups in total. The van der Waals surface area contributed by atoms with E-state index in [0.29, 0.717) is 11.5 Å². The molecule has 0 amide bonds. The molecule has 0 saturated heterocycles. The molecule has 1 aromatic rings. The molecule has 1 aliphatic carbocycles. The van der Waals surface area contributed by atoms with Gasteiger partial charge in [0.05, 0.1) is 0 Å². The van der Waals surface area contributed by atoms with Crippen LogP contribution in [0, 0.1) is 18.3 Å². The maximum atomic E-state index is 3.79. The zero-order valence-electron chi connectivity index (χ0n) is 12.3. The SMILES string of the molecule is CCC(NCC1(C(C)C)CC1)c1ccc(C)cc1. The largest absolute Gasteiger partial charge is 0.309 e. The Balaban J connectivity index is 1.96. The molecule has 1 saturated carbocycles. The lowest BCUT2D eigenvalue weighted by Gasteiger charge is -2.25. The molecular formula is C17H27N. The first-order valence-electron chi connectivity index (χ1n) is 7.37. The maximum absolute atomic E-state index is 3.79. The Morgan fingerprint density at radius 3 is 2.22 bits per heavy atom. The summed E-state index contributed by atoms with van der Waals surface area (Å²) in [4.78, 5) is 0. The molecule has 0 bridgehead atoms. The van der Waals surface area contributed by atoms with Crippen molar-refractivity contribution in [2.24, 2.45) is 11.3 Å². The van der Waals surface area contributed by atoms with E-state index in [1.165, 1.54) is 30.5 Å². The molecule has 1 unspecified atom stereocenters. The molecule has 0 radical (unpaired) electrons. The molecule has 0 heterocycles. The second kappa shape index (κ2) is 5.44. The molecule has 2 rings (SSSR count). The molecular weight excluding hydrogens is 218 g/mol. The second-order valence-electron chi connectivity index (χ2n) is 6.27. The third kappa shape index (κ3) is 2.95. The van der Waals surface area contributed by atoms with Crippen molar-refractivity contribution in [2.75, 3.05) is 6.54 Å². The van der Waals surface area contributed by atoms with Gasteiger partial charge in [0.1, 0.15) is 0 Å². The van der Waals surface area contributed by atoms with Gasteiger partial charge < -0.3 is 5.32 Å². The third-order valence-corrected chi connectivity index (χ3v) is 4.71. The minimum atomic E-state index is 0.516. The first-order chi connectivity index (χ1) is 8.57. The van der Waals surface area contributed by atoms with Gasteiger partial charge in [-0.3, -0.25) is 0 Å². The Kier molecular flexibility index (Phi) is 4.11. The van der Waals surface area contributed by atoms with Crippen molar-refractivity contribution in [2.45, 2.75) is 53.0 Å². The van der Waals surface area contributed by atoms with Gasteiger partial charge in [-0.1, -0.05) is 50.6 Å². The molecule has 0 aromatic heterocycles. The minimum Gasteiger partial charge on any atom is -0.309 e. The van der Waals surface area contributed by atoms with E-state index in [2.05, 4.69) is 57.3 Å². The van der Waals surface area contributed by atoms with E-state index < -0.39 is 0 Å². The summed E-state index contributed by atoms with van der Waals surface area (Å²) in [5.74, 6) is 0.806. The Morgan fingerprint density at radius 2 is 1.78 bits per heavy atom. The van der Waals surface area contributed by atoms with Crippen molar-refractivity contribution in [3.8, 4) is 0 Å². The van der Waals surface area contributed by atoms with Gasteiger partial charge in [0, 0.05) is 12.6 Å². The Morgan fingerprint density at radius 1 is 1.17 bits per heavy atom. The van der Waals surface area contributed by atoms with Crippen molar-refractivity contribution in [1.82, 2.24) is 5.32 Å². The molecule has 1 aliphatic rings. The number of nitrogens with one attached hydrogen (secondary N) is 1. The molecule has 0 spiro atoms. The summed E-state index contributed by atoms with van der Waals surface area (Å²) in [7, 11) is 0. The van der Waals surface area contributed by atoms with Gasteiger partial charge in [0.15, 0.2) is 0 Å². The summed E-state index contributed by atoms with van der Waals surface area (Å²) in [5, 5.41) is 3.79. The summed E-state index contributed by atoms with van der Waals surface area (Å²) < 4.78 is 0. The van der Waals surface area contributed by atoms with Crippen LogP contribution in [0.1, 0.15) is 57.2 Å². The zero-order chi connectivity index (χ0) is 13.2. The molecule has 0 aliphatic heterocycles. The Bertz CT molecular complexity index is 373. The smallest absolute Gasteiger partial charge is 0.0317 e. The van der Waals surface area contributed by atoms with Crippen LogP contribution >= 0.6 is 0 Å². The van der Waals surface area contributed by atoms with Crippen LogP contribution in [0.15, 0.2) is 24.3 Å². The highest BCUT2D eigenvalue weighted by atomic mass is 14.9. The number of rotatable bonds is 6. The van der Waals surface area contributed by atoms with Gasteiger partial charge in [-0.25, -0.2) is 0 Å². The standard InChI is InChI=1S/C17H27N/c1-5-16(15-8-6-14(4)7-9-15)18-12-17(10-11-17)13(2)3/h6-9,13,16,18H,5,10-12H2,1-4H3. The van der Waals surface area contributed by atoms with E-state index in [-0.39, 0.29) is 0 Å². The summed E-state index contributed by atoms with van der Waals surface area (Å²) in [5.41, 5.74) is 3.37. The third-order valence-electron chi connectivity index (χ3n) is 4.71. The number of hydrogen-bond acceptors (Lipinski definition) is 1. The van der Waals surface area contributed by atoms with Crippen LogP contribution in [0.4, 0.5) is 0 Å². The van der Waals surface area contributed by atoms with Crippen LogP contribution in [0.2, 0.25) is 0 Å². The average Bonchev–Trinajstić information content (AvgIpc) is 3.13. The number of benzene rings is 1. The van der Waals surface area contributed by atoms with E-state index in [4.69, 9.17) is 0 Å². The van der Waals surface area contributed by atoms with Crippen LogP contribution in [-0.4, -0.2) is 6.54 Å². The van der Waals surface area contributed by atoms with Gasteiger partial charge in [-0.2, -0.15) is 0 Å². The fraction of sp³-hybridized carbons (Fsp3) is 0.647. The van der Waals surface area contributed by atoms with Gasteiger partial charge in [0.2, 0.25) is 0 Å². The summed E-state index contributed by atoms with van der Waals surface area (Å²) in [6.45, 7) is 10.3. The molecule has 1 heteroatoms. The first kappa shape index (κ1) is 13.6. The van der Waals surface area contributed by atoms with Gasteiger partial charge in [0.25, 0.3) is 0 Å².